The van der Waals surface area contributed by atoms with Gasteiger partial charge in [-0.2, -0.15) is 0 Å². The van der Waals surface area contributed by atoms with Gasteiger partial charge in [-0.15, -0.1) is 0 Å². The van der Waals surface area contributed by atoms with Crippen LogP contribution in [0.4, 0.5) is 0 Å². The van der Waals surface area contributed by atoms with Crippen LogP contribution in [0.1, 0.15) is 29.8 Å². The monoisotopic (exact) mass is 273 g/mol. The molecule has 4 nitrogen and oxygen atoms in total. The molecule has 2 rings (SSSR count). The van der Waals surface area contributed by atoms with Crippen LogP contribution in [0.3, 0.4) is 0 Å². The summed E-state index contributed by atoms with van der Waals surface area (Å²) in [6, 6.07) is 8.96. The van der Waals surface area contributed by atoms with E-state index in [4.69, 9.17) is 4.74 Å². The fraction of sp³-hybridized carbons (Fsp3) is 0.438. The summed E-state index contributed by atoms with van der Waals surface area (Å²) in [6.07, 6.45) is 3.82. The van der Waals surface area contributed by atoms with Gasteiger partial charge in [-0.3, -0.25) is 0 Å². The largest absolute Gasteiger partial charge is 0.383 e. The first kappa shape index (κ1) is 14.8. The predicted octanol–water partition coefficient (Wildman–Crippen LogP) is 2.54. The molecule has 0 aliphatic rings. The predicted molar refractivity (Wildman–Crippen MR) is 80.8 cm³/mol. The molecule has 1 heterocycles. The molecule has 108 valence electrons. The molecule has 0 aliphatic heterocycles. The normalized spacial score (nSPS) is 12.6. The van der Waals surface area contributed by atoms with Crippen LogP contribution in [0.25, 0.3) is 0 Å². The summed E-state index contributed by atoms with van der Waals surface area (Å²) in [5, 5.41) is 3.36. The third-order valence-corrected chi connectivity index (χ3v) is 3.51. The van der Waals surface area contributed by atoms with Crippen LogP contribution in [-0.2, 0) is 11.3 Å². The maximum atomic E-state index is 5.03. The van der Waals surface area contributed by atoms with E-state index >= 15 is 0 Å². The Labute approximate surface area is 120 Å². The zero-order valence-corrected chi connectivity index (χ0v) is 12.5. The molecule has 1 unspecified atom stereocenters. The van der Waals surface area contributed by atoms with Gasteiger partial charge < -0.3 is 14.6 Å². The highest BCUT2D eigenvalue weighted by atomic mass is 16.5. The van der Waals surface area contributed by atoms with E-state index in [1.807, 2.05) is 12.5 Å². The number of rotatable bonds is 7. The Morgan fingerprint density at radius 2 is 2.05 bits per heavy atom. The maximum absolute atomic E-state index is 5.03. The smallest absolute Gasteiger partial charge is 0.0954 e. The fourth-order valence-corrected chi connectivity index (χ4v) is 2.21. The van der Waals surface area contributed by atoms with Gasteiger partial charge in [0.15, 0.2) is 0 Å². The van der Waals surface area contributed by atoms with Gasteiger partial charge in [0.05, 0.1) is 24.7 Å². The number of nitrogens with zero attached hydrogens (tertiary/aromatic N) is 2. The summed E-state index contributed by atoms with van der Waals surface area (Å²) in [5.41, 5.74) is 3.77. The standard InChI is InChI=1S/C16H23N3O/c1-13-4-6-15(7-5-13)14(2)19-12-18-11-16(19)10-17-8-9-20-3/h4-7,11-12,14,17H,8-10H2,1-3H3. The minimum absolute atomic E-state index is 0.289. The van der Waals surface area contributed by atoms with E-state index in [0.29, 0.717) is 0 Å². The van der Waals surface area contributed by atoms with Crippen molar-refractivity contribution in [3.63, 3.8) is 0 Å². The molecule has 1 aromatic heterocycles. The Morgan fingerprint density at radius 3 is 2.75 bits per heavy atom. The van der Waals surface area contributed by atoms with E-state index in [-0.39, 0.29) is 6.04 Å². The van der Waals surface area contributed by atoms with Gasteiger partial charge in [0, 0.05) is 26.4 Å². The van der Waals surface area contributed by atoms with Crippen molar-refractivity contribution in [1.29, 1.82) is 0 Å². The van der Waals surface area contributed by atoms with Crippen LogP contribution in [0, 0.1) is 6.92 Å². The van der Waals surface area contributed by atoms with Crippen molar-refractivity contribution in [2.24, 2.45) is 0 Å². The molecule has 4 heteroatoms. The van der Waals surface area contributed by atoms with Gasteiger partial charge in [0.25, 0.3) is 0 Å². The number of ether oxygens (including phenoxy) is 1. The number of hydrogen-bond donors (Lipinski definition) is 1. The summed E-state index contributed by atoms with van der Waals surface area (Å²) < 4.78 is 7.25. The van der Waals surface area contributed by atoms with Gasteiger partial charge in [-0.25, -0.2) is 4.98 Å². The third-order valence-electron chi connectivity index (χ3n) is 3.51. The molecule has 0 saturated carbocycles. The number of imidazole rings is 1. The van der Waals surface area contributed by atoms with E-state index in [1.165, 1.54) is 16.8 Å². The summed E-state index contributed by atoms with van der Waals surface area (Å²) in [4.78, 5) is 4.28. The van der Waals surface area contributed by atoms with Crippen LogP contribution in [0.2, 0.25) is 0 Å². The highest BCUT2D eigenvalue weighted by molar-refractivity contribution is 5.25. The number of nitrogens with one attached hydrogen (secondary N) is 1. The van der Waals surface area contributed by atoms with Crippen LogP contribution < -0.4 is 5.32 Å². The first-order valence-corrected chi connectivity index (χ1v) is 6.99. The van der Waals surface area contributed by atoms with E-state index in [9.17, 15) is 0 Å². The Morgan fingerprint density at radius 1 is 1.30 bits per heavy atom. The van der Waals surface area contributed by atoms with E-state index in [2.05, 4.69) is 53.0 Å². The molecule has 2 aromatic rings. The first-order chi connectivity index (χ1) is 9.72. The second kappa shape index (κ2) is 7.22. The minimum Gasteiger partial charge on any atom is -0.383 e. The average Bonchev–Trinajstić information content (AvgIpc) is 2.92. The van der Waals surface area contributed by atoms with Crippen molar-refractivity contribution in [2.45, 2.75) is 26.4 Å². The first-order valence-electron chi connectivity index (χ1n) is 6.99. The van der Waals surface area contributed by atoms with E-state index in [1.54, 1.807) is 7.11 Å². The molecule has 1 N–H and O–H groups in total. The molecular weight excluding hydrogens is 250 g/mol. The lowest BCUT2D eigenvalue weighted by Gasteiger charge is -2.17. The van der Waals surface area contributed by atoms with Crippen molar-refractivity contribution in [3.8, 4) is 0 Å². The minimum atomic E-state index is 0.289. The molecule has 1 atom stereocenters. The summed E-state index contributed by atoms with van der Waals surface area (Å²) in [5.74, 6) is 0. The Balaban J connectivity index is 2.04. The quantitative estimate of drug-likeness (QED) is 0.788. The van der Waals surface area contributed by atoms with Gasteiger partial charge in [-0.1, -0.05) is 29.8 Å². The lowest BCUT2D eigenvalue weighted by Crippen LogP contribution is -2.21. The molecule has 0 bridgehead atoms. The molecule has 1 aromatic carbocycles. The molecule has 0 aliphatic carbocycles. The van der Waals surface area contributed by atoms with Crippen LogP contribution in [0.15, 0.2) is 36.8 Å². The number of benzene rings is 1. The maximum Gasteiger partial charge on any atom is 0.0954 e. The van der Waals surface area contributed by atoms with Crippen molar-refractivity contribution in [3.05, 3.63) is 53.6 Å². The van der Waals surface area contributed by atoms with Crippen molar-refractivity contribution in [2.75, 3.05) is 20.3 Å². The second-order valence-electron chi connectivity index (χ2n) is 5.05. The molecular formula is C16H23N3O. The summed E-state index contributed by atoms with van der Waals surface area (Å²) in [7, 11) is 1.71. The summed E-state index contributed by atoms with van der Waals surface area (Å²) >= 11 is 0. The lowest BCUT2D eigenvalue weighted by atomic mass is 10.1. The van der Waals surface area contributed by atoms with Crippen LogP contribution in [0.5, 0.6) is 0 Å². The Kier molecular flexibility index (Phi) is 5.32. The van der Waals surface area contributed by atoms with Crippen LogP contribution in [-0.4, -0.2) is 29.8 Å². The number of aryl methyl sites for hydroxylation is 1. The second-order valence-corrected chi connectivity index (χ2v) is 5.05. The molecule has 0 amide bonds. The molecule has 0 spiro atoms. The molecule has 0 fully saturated rings. The van der Waals surface area contributed by atoms with Gasteiger partial charge in [0.2, 0.25) is 0 Å². The van der Waals surface area contributed by atoms with E-state index in [0.717, 1.165) is 19.7 Å². The highest BCUT2D eigenvalue weighted by Crippen LogP contribution is 2.20. The van der Waals surface area contributed by atoms with Crippen LogP contribution >= 0.6 is 0 Å². The van der Waals surface area contributed by atoms with Gasteiger partial charge in [0.1, 0.15) is 0 Å². The zero-order chi connectivity index (χ0) is 14.4. The summed E-state index contributed by atoms with van der Waals surface area (Å²) in [6.45, 7) is 6.68. The van der Waals surface area contributed by atoms with Gasteiger partial charge in [-0.05, 0) is 19.4 Å². The number of methoxy groups -OCH3 is 1. The third kappa shape index (κ3) is 3.68. The van der Waals surface area contributed by atoms with Crippen molar-refractivity contribution >= 4 is 0 Å². The molecule has 0 radical (unpaired) electrons. The number of aromatic nitrogens is 2. The number of hydrogen-bond acceptors (Lipinski definition) is 3. The van der Waals surface area contributed by atoms with Crippen molar-refractivity contribution < 1.29 is 4.74 Å². The molecule has 20 heavy (non-hydrogen) atoms. The lowest BCUT2D eigenvalue weighted by molar-refractivity contribution is 0.199. The fourth-order valence-electron chi connectivity index (χ4n) is 2.21. The SMILES string of the molecule is COCCNCc1cncn1C(C)c1ccc(C)cc1. The van der Waals surface area contributed by atoms with Gasteiger partial charge >= 0.3 is 0 Å². The average molecular weight is 273 g/mol. The molecule has 0 saturated heterocycles. The Bertz CT molecular complexity index is 519. The topological polar surface area (TPSA) is 39.1 Å². The van der Waals surface area contributed by atoms with Crippen molar-refractivity contribution in [1.82, 2.24) is 14.9 Å². The van der Waals surface area contributed by atoms with E-state index < -0.39 is 0 Å². The zero-order valence-electron chi connectivity index (χ0n) is 12.5. The highest BCUT2D eigenvalue weighted by Gasteiger charge is 2.11. The Hall–Kier alpha value is -1.65.